The van der Waals surface area contributed by atoms with Crippen molar-refractivity contribution in [3.05, 3.63) is 65.2 Å². The van der Waals surface area contributed by atoms with Crippen LogP contribution in [-0.4, -0.2) is 52.3 Å². The van der Waals surface area contributed by atoms with Gasteiger partial charge in [-0.25, -0.2) is 0 Å². The van der Waals surface area contributed by atoms with Crippen molar-refractivity contribution >= 4 is 35.8 Å². The Hall–Kier alpha value is -2.33. The predicted octanol–water partition coefficient (Wildman–Crippen LogP) is 3.68. The van der Waals surface area contributed by atoms with Crippen molar-refractivity contribution in [1.29, 1.82) is 0 Å². The quantitative estimate of drug-likeness (QED) is 0.197. The van der Waals surface area contributed by atoms with Gasteiger partial charge in [-0.15, -0.1) is 24.0 Å². The van der Waals surface area contributed by atoms with Crippen LogP contribution in [0, 0.1) is 12.8 Å². The lowest BCUT2D eigenvalue weighted by atomic mass is 9.89. The number of hydrogen-bond acceptors (Lipinski definition) is 4. The van der Waals surface area contributed by atoms with Gasteiger partial charge in [0.1, 0.15) is 5.75 Å². The SMILES string of the molecule is CN=C(NCCNC(=O)c1ccc(OC)cc1)NCC1CCCOC1c1ccc(C)cc1.I. The Morgan fingerprint density at radius 3 is 2.42 bits per heavy atom. The third-order valence-electron chi connectivity index (χ3n) is 5.66. The minimum atomic E-state index is -0.113. The first-order valence-electron chi connectivity index (χ1n) is 11.2. The van der Waals surface area contributed by atoms with Gasteiger partial charge in [-0.1, -0.05) is 29.8 Å². The summed E-state index contributed by atoms with van der Waals surface area (Å²) in [6, 6.07) is 15.7. The lowest BCUT2D eigenvalue weighted by molar-refractivity contribution is -0.0265. The van der Waals surface area contributed by atoms with Gasteiger partial charge in [0.15, 0.2) is 5.96 Å². The van der Waals surface area contributed by atoms with Gasteiger partial charge in [-0.3, -0.25) is 9.79 Å². The van der Waals surface area contributed by atoms with Gasteiger partial charge in [-0.2, -0.15) is 0 Å². The van der Waals surface area contributed by atoms with Crippen LogP contribution in [0.25, 0.3) is 0 Å². The smallest absolute Gasteiger partial charge is 0.251 e. The van der Waals surface area contributed by atoms with Gasteiger partial charge < -0.3 is 25.4 Å². The van der Waals surface area contributed by atoms with E-state index >= 15 is 0 Å². The molecule has 180 valence electrons. The number of ether oxygens (including phenoxy) is 2. The standard InChI is InChI=1S/C25H34N4O3.HI/c1-18-6-8-19(9-7-18)23-21(5-4-16-32-23)17-29-25(26-2)28-15-14-27-24(30)20-10-12-22(31-3)13-11-20;/h6-13,21,23H,4-5,14-17H2,1-3H3,(H,27,30)(H2,26,28,29);1H. The molecule has 3 N–H and O–H groups in total. The summed E-state index contributed by atoms with van der Waals surface area (Å²) in [6.07, 6.45) is 2.28. The van der Waals surface area contributed by atoms with Gasteiger partial charge in [0.25, 0.3) is 5.91 Å². The topological polar surface area (TPSA) is 84.0 Å². The molecule has 1 aliphatic heterocycles. The average molecular weight is 566 g/mol. The van der Waals surface area contributed by atoms with E-state index in [1.165, 1.54) is 11.1 Å². The number of nitrogens with one attached hydrogen (secondary N) is 3. The fourth-order valence-electron chi connectivity index (χ4n) is 3.83. The molecule has 2 atom stereocenters. The summed E-state index contributed by atoms with van der Waals surface area (Å²) in [5.41, 5.74) is 3.09. The van der Waals surface area contributed by atoms with Crippen molar-refractivity contribution in [2.45, 2.75) is 25.9 Å². The van der Waals surface area contributed by atoms with Gasteiger partial charge in [0.2, 0.25) is 0 Å². The first kappa shape index (κ1) is 26.9. The molecule has 2 aromatic carbocycles. The van der Waals surface area contributed by atoms with Gasteiger partial charge in [0.05, 0.1) is 13.2 Å². The van der Waals surface area contributed by atoms with E-state index in [0.717, 1.165) is 37.7 Å². The molecule has 0 bridgehead atoms. The molecule has 0 spiro atoms. The summed E-state index contributed by atoms with van der Waals surface area (Å²) in [7, 11) is 3.35. The molecule has 0 aliphatic carbocycles. The van der Waals surface area contributed by atoms with Crippen molar-refractivity contribution in [1.82, 2.24) is 16.0 Å². The Bertz CT molecular complexity index is 888. The number of aliphatic imine (C=N–C) groups is 1. The minimum absolute atomic E-state index is 0. The number of hydrogen-bond donors (Lipinski definition) is 3. The van der Waals surface area contributed by atoms with Crippen LogP contribution in [-0.2, 0) is 4.74 Å². The highest BCUT2D eigenvalue weighted by Gasteiger charge is 2.27. The fraction of sp³-hybridized carbons (Fsp3) is 0.440. The number of benzene rings is 2. The van der Waals surface area contributed by atoms with Crippen LogP contribution in [0.3, 0.4) is 0 Å². The number of carbonyl (C=O) groups is 1. The van der Waals surface area contributed by atoms with E-state index in [9.17, 15) is 4.79 Å². The largest absolute Gasteiger partial charge is 0.497 e. The lowest BCUT2D eigenvalue weighted by Crippen LogP contribution is -2.44. The van der Waals surface area contributed by atoms with Crippen molar-refractivity contribution in [3.8, 4) is 5.75 Å². The Balaban J connectivity index is 0.00000385. The summed E-state index contributed by atoms with van der Waals surface area (Å²) in [5, 5.41) is 9.58. The van der Waals surface area contributed by atoms with Crippen LogP contribution in [0.1, 0.15) is 40.4 Å². The van der Waals surface area contributed by atoms with Crippen molar-refractivity contribution in [2.75, 3.05) is 40.4 Å². The van der Waals surface area contributed by atoms with Crippen LogP contribution < -0.4 is 20.7 Å². The summed E-state index contributed by atoms with van der Waals surface area (Å²) in [6.45, 7) is 4.74. The van der Waals surface area contributed by atoms with Crippen LogP contribution in [0.2, 0.25) is 0 Å². The van der Waals surface area contributed by atoms with E-state index in [-0.39, 0.29) is 36.0 Å². The molecule has 33 heavy (non-hydrogen) atoms. The Morgan fingerprint density at radius 2 is 1.76 bits per heavy atom. The molecule has 8 heteroatoms. The Labute approximate surface area is 213 Å². The maximum atomic E-state index is 12.2. The number of guanidine groups is 1. The molecule has 1 saturated heterocycles. The highest BCUT2D eigenvalue weighted by Crippen LogP contribution is 2.33. The molecular formula is C25H35IN4O3. The van der Waals surface area contributed by atoms with Gasteiger partial charge >= 0.3 is 0 Å². The van der Waals surface area contributed by atoms with Crippen LogP contribution in [0.5, 0.6) is 5.75 Å². The fourth-order valence-corrected chi connectivity index (χ4v) is 3.83. The van der Waals surface area contributed by atoms with Crippen molar-refractivity contribution in [2.24, 2.45) is 10.9 Å². The number of halogens is 1. The number of rotatable bonds is 8. The zero-order valence-electron chi connectivity index (χ0n) is 19.6. The normalized spacial score (nSPS) is 18.1. The first-order valence-corrected chi connectivity index (χ1v) is 11.2. The third kappa shape index (κ3) is 8.19. The monoisotopic (exact) mass is 566 g/mol. The Morgan fingerprint density at radius 1 is 1.06 bits per heavy atom. The molecule has 1 aliphatic rings. The maximum Gasteiger partial charge on any atom is 0.251 e. The van der Waals surface area contributed by atoms with Gasteiger partial charge in [0, 0.05) is 44.8 Å². The molecule has 2 aromatic rings. The van der Waals surface area contributed by atoms with E-state index < -0.39 is 0 Å². The summed E-state index contributed by atoms with van der Waals surface area (Å²) >= 11 is 0. The second-order valence-electron chi connectivity index (χ2n) is 7.97. The molecule has 0 radical (unpaired) electrons. The molecule has 2 unspecified atom stereocenters. The van der Waals surface area contributed by atoms with Gasteiger partial charge in [-0.05, 0) is 49.6 Å². The second kappa shape index (κ2) is 14.0. The van der Waals surface area contributed by atoms with E-state index in [1.54, 1.807) is 38.4 Å². The molecule has 0 aromatic heterocycles. The van der Waals surface area contributed by atoms with Crippen LogP contribution in [0.15, 0.2) is 53.5 Å². The summed E-state index contributed by atoms with van der Waals surface area (Å²) in [5.74, 6) is 1.71. The van der Waals surface area contributed by atoms with Crippen LogP contribution in [0.4, 0.5) is 0 Å². The van der Waals surface area contributed by atoms with Crippen molar-refractivity contribution < 1.29 is 14.3 Å². The first-order chi connectivity index (χ1) is 15.6. The van der Waals surface area contributed by atoms with Crippen molar-refractivity contribution in [3.63, 3.8) is 0 Å². The molecule has 7 nitrogen and oxygen atoms in total. The second-order valence-corrected chi connectivity index (χ2v) is 7.97. The zero-order valence-corrected chi connectivity index (χ0v) is 21.9. The zero-order chi connectivity index (χ0) is 22.8. The number of aryl methyl sites for hydroxylation is 1. The molecule has 1 fully saturated rings. The summed E-state index contributed by atoms with van der Waals surface area (Å²) < 4.78 is 11.2. The number of nitrogens with zero attached hydrogens (tertiary/aromatic N) is 1. The van der Waals surface area contributed by atoms with E-state index in [2.05, 4.69) is 52.1 Å². The highest BCUT2D eigenvalue weighted by atomic mass is 127. The molecule has 1 amide bonds. The number of methoxy groups -OCH3 is 1. The predicted molar refractivity (Wildman–Crippen MR) is 143 cm³/mol. The molecule has 3 rings (SSSR count). The molecule has 0 saturated carbocycles. The average Bonchev–Trinajstić information content (AvgIpc) is 2.84. The highest BCUT2D eigenvalue weighted by molar-refractivity contribution is 14.0. The van der Waals surface area contributed by atoms with E-state index in [1.807, 2.05) is 0 Å². The van der Waals surface area contributed by atoms with Crippen LogP contribution >= 0.6 is 24.0 Å². The Kier molecular flexibility index (Phi) is 11.5. The lowest BCUT2D eigenvalue weighted by Gasteiger charge is -2.32. The number of amides is 1. The third-order valence-corrected chi connectivity index (χ3v) is 5.66. The maximum absolute atomic E-state index is 12.2. The molecular weight excluding hydrogens is 531 g/mol. The number of carbonyl (C=O) groups excluding carboxylic acids is 1. The van der Waals surface area contributed by atoms with E-state index in [4.69, 9.17) is 9.47 Å². The van der Waals surface area contributed by atoms with E-state index in [0.29, 0.717) is 24.6 Å². The summed E-state index contributed by atoms with van der Waals surface area (Å²) in [4.78, 5) is 16.5. The minimum Gasteiger partial charge on any atom is -0.497 e. The molecule has 1 heterocycles.